The maximum atomic E-state index is 13.3. The SMILES string of the molecule is CC(C)(C)OC(=O)n1nc(/C=C/c2ccc(F)cc2)c2c(OCCOC3CCCCO3)c(C(=O)O)ccc21. The smallest absolute Gasteiger partial charge is 0.435 e. The summed E-state index contributed by atoms with van der Waals surface area (Å²) in [6, 6.07) is 8.67. The molecule has 1 fully saturated rings. The number of carboxylic acids is 1. The molecule has 1 unspecified atom stereocenters. The van der Waals surface area contributed by atoms with Crippen LogP contribution in [0.1, 0.15) is 61.6 Å². The summed E-state index contributed by atoms with van der Waals surface area (Å²) in [4.78, 5) is 25.1. The number of ether oxygens (including phenoxy) is 4. The minimum absolute atomic E-state index is 0.0525. The van der Waals surface area contributed by atoms with Gasteiger partial charge < -0.3 is 24.1 Å². The summed E-state index contributed by atoms with van der Waals surface area (Å²) in [6.07, 6.45) is 5.05. The molecular weight excluding hydrogens is 495 g/mol. The van der Waals surface area contributed by atoms with Gasteiger partial charge >= 0.3 is 12.1 Å². The van der Waals surface area contributed by atoms with Gasteiger partial charge in [0.05, 0.1) is 23.2 Å². The lowest BCUT2D eigenvalue weighted by Gasteiger charge is -2.22. The van der Waals surface area contributed by atoms with Crippen LogP contribution in [0.3, 0.4) is 0 Å². The average Bonchev–Trinajstić information content (AvgIpc) is 3.25. The largest absolute Gasteiger partial charge is 0.489 e. The third-order valence-electron chi connectivity index (χ3n) is 5.70. The Hall–Kier alpha value is -3.76. The number of hydrogen-bond donors (Lipinski definition) is 1. The number of benzene rings is 2. The van der Waals surface area contributed by atoms with Gasteiger partial charge in [0.15, 0.2) is 6.29 Å². The molecule has 9 nitrogen and oxygen atoms in total. The molecule has 1 saturated heterocycles. The van der Waals surface area contributed by atoms with Gasteiger partial charge in [-0.25, -0.2) is 14.0 Å². The molecule has 0 amide bonds. The number of carbonyl (C=O) groups excluding carboxylic acids is 1. The van der Waals surface area contributed by atoms with E-state index >= 15 is 0 Å². The first-order valence-corrected chi connectivity index (χ1v) is 12.4. The number of rotatable bonds is 8. The molecule has 0 bridgehead atoms. The molecule has 38 heavy (non-hydrogen) atoms. The quantitative estimate of drug-likeness (QED) is 0.370. The zero-order chi connectivity index (χ0) is 27.3. The standard InChI is InChI=1S/C28H31FN2O7/c1-28(2,3)38-27(34)31-22-14-12-20(26(32)33)25(37-17-16-36-23-6-4-5-15-35-23)24(22)21(30-31)13-9-18-7-10-19(29)11-8-18/h7-14,23H,4-6,15-17H2,1-3H3,(H,32,33)/b13-9+. The molecule has 0 aliphatic carbocycles. The van der Waals surface area contributed by atoms with Gasteiger partial charge in [0, 0.05) is 6.61 Å². The van der Waals surface area contributed by atoms with E-state index in [4.69, 9.17) is 18.9 Å². The van der Waals surface area contributed by atoms with Gasteiger partial charge in [-0.15, -0.1) is 0 Å². The molecule has 3 aromatic rings. The molecule has 0 spiro atoms. The van der Waals surface area contributed by atoms with Crippen LogP contribution in [0.5, 0.6) is 5.75 Å². The van der Waals surface area contributed by atoms with Crippen LogP contribution in [0.15, 0.2) is 36.4 Å². The number of carboxylic acid groups (broad SMARTS) is 1. The first kappa shape index (κ1) is 27.3. The fourth-order valence-electron chi connectivity index (χ4n) is 4.00. The molecule has 1 aliphatic heterocycles. The fraction of sp³-hybridized carbons (Fsp3) is 0.393. The minimum atomic E-state index is -1.20. The molecule has 1 aliphatic rings. The van der Waals surface area contributed by atoms with E-state index in [1.165, 1.54) is 24.3 Å². The third-order valence-corrected chi connectivity index (χ3v) is 5.70. The highest BCUT2D eigenvalue weighted by atomic mass is 19.1. The minimum Gasteiger partial charge on any atom is -0.489 e. The van der Waals surface area contributed by atoms with Crippen molar-refractivity contribution in [1.82, 2.24) is 9.78 Å². The van der Waals surface area contributed by atoms with Crippen LogP contribution in [-0.2, 0) is 14.2 Å². The van der Waals surface area contributed by atoms with E-state index in [9.17, 15) is 19.1 Å². The Morgan fingerprint density at radius 1 is 1.13 bits per heavy atom. The van der Waals surface area contributed by atoms with Crippen LogP contribution in [0.25, 0.3) is 23.1 Å². The average molecular weight is 527 g/mol. The van der Waals surface area contributed by atoms with Crippen LogP contribution in [-0.4, -0.2) is 58.7 Å². The molecule has 1 N–H and O–H groups in total. The second kappa shape index (κ2) is 11.7. The summed E-state index contributed by atoms with van der Waals surface area (Å²) in [5.41, 5.74) is 0.410. The molecule has 2 aromatic carbocycles. The number of aromatic carboxylic acids is 1. The van der Waals surface area contributed by atoms with Crippen LogP contribution < -0.4 is 4.74 Å². The Labute approximate surface area is 219 Å². The van der Waals surface area contributed by atoms with E-state index in [-0.39, 0.29) is 42.3 Å². The molecular formula is C28H31FN2O7. The van der Waals surface area contributed by atoms with E-state index in [1.54, 1.807) is 45.1 Å². The Morgan fingerprint density at radius 2 is 1.89 bits per heavy atom. The molecule has 202 valence electrons. The highest BCUT2D eigenvalue weighted by Gasteiger charge is 2.26. The van der Waals surface area contributed by atoms with E-state index < -0.39 is 17.7 Å². The molecule has 10 heteroatoms. The van der Waals surface area contributed by atoms with Gasteiger partial charge in [-0.3, -0.25) is 0 Å². The van der Waals surface area contributed by atoms with Crippen molar-refractivity contribution in [3.63, 3.8) is 0 Å². The first-order valence-electron chi connectivity index (χ1n) is 12.4. The van der Waals surface area contributed by atoms with Gasteiger partial charge in [-0.05, 0) is 75.9 Å². The highest BCUT2D eigenvalue weighted by Crippen LogP contribution is 2.34. The topological polar surface area (TPSA) is 109 Å². The molecule has 4 rings (SSSR count). The van der Waals surface area contributed by atoms with Gasteiger partial charge in [0.1, 0.15) is 29.3 Å². The number of carbonyl (C=O) groups is 2. The summed E-state index contributed by atoms with van der Waals surface area (Å²) < 4.78 is 37.2. The van der Waals surface area contributed by atoms with Crippen molar-refractivity contribution in [2.45, 2.75) is 51.9 Å². The number of nitrogens with zero attached hydrogens (tertiary/aromatic N) is 2. The van der Waals surface area contributed by atoms with Crippen LogP contribution in [0.4, 0.5) is 9.18 Å². The lowest BCUT2D eigenvalue weighted by atomic mass is 10.1. The molecule has 0 radical (unpaired) electrons. The predicted octanol–water partition coefficient (Wildman–Crippen LogP) is 5.75. The number of halogens is 1. The van der Waals surface area contributed by atoms with Crippen molar-refractivity contribution in [2.75, 3.05) is 19.8 Å². The lowest BCUT2D eigenvalue weighted by molar-refractivity contribution is -0.165. The van der Waals surface area contributed by atoms with Crippen molar-refractivity contribution >= 4 is 35.1 Å². The molecule has 1 aromatic heterocycles. The van der Waals surface area contributed by atoms with E-state index in [0.29, 0.717) is 23.1 Å². The summed E-state index contributed by atoms with van der Waals surface area (Å²) in [6.45, 7) is 6.08. The first-order chi connectivity index (χ1) is 18.1. The number of aromatic nitrogens is 2. The number of fused-ring (bicyclic) bond motifs is 1. The van der Waals surface area contributed by atoms with Crippen LogP contribution in [0.2, 0.25) is 0 Å². The Bertz CT molecular complexity index is 1320. The van der Waals surface area contributed by atoms with Gasteiger partial charge in [0.2, 0.25) is 0 Å². The predicted molar refractivity (Wildman–Crippen MR) is 139 cm³/mol. The van der Waals surface area contributed by atoms with Crippen molar-refractivity contribution in [3.05, 3.63) is 59.0 Å². The van der Waals surface area contributed by atoms with Crippen molar-refractivity contribution in [3.8, 4) is 5.75 Å². The van der Waals surface area contributed by atoms with Crippen molar-refractivity contribution in [2.24, 2.45) is 0 Å². The number of hydrogen-bond acceptors (Lipinski definition) is 7. The monoisotopic (exact) mass is 526 g/mol. The normalized spacial score (nSPS) is 16.2. The van der Waals surface area contributed by atoms with Gasteiger partial charge in [-0.1, -0.05) is 18.2 Å². The van der Waals surface area contributed by atoms with Crippen molar-refractivity contribution in [1.29, 1.82) is 0 Å². The lowest BCUT2D eigenvalue weighted by Crippen LogP contribution is -2.27. The maximum absolute atomic E-state index is 13.3. The van der Waals surface area contributed by atoms with Crippen LogP contribution in [0, 0.1) is 5.82 Å². The maximum Gasteiger partial charge on any atom is 0.435 e. The summed E-state index contributed by atoms with van der Waals surface area (Å²) in [5.74, 6) is -1.52. The van der Waals surface area contributed by atoms with Gasteiger partial charge in [-0.2, -0.15) is 9.78 Å². The zero-order valence-corrected chi connectivity index (χ0v) is 21.6. The summed E-state index contributed by atoms with van der Waals surface area (Å²) >= 11 is 0. The zero-order valence-electron chi connectivity index (χ0n) is 21.6. The summed E-state index contributed by atoms with van der Waals surface area (Å²) in [7, 11) is 0. The second-order valence-corrected chi connectivity index (χ2v) is 9.82. The summed E-state index contributed by atoms with van der Waals surface area (Å²) in [5, 5.41) is 14.6. The van der Waals surface area contributed by atoms with E-state index in [0.717, 1.165) is 23.9 Å². The van der Waals surface area contributed by atoms with Crippen LogP contribution >= 0.6 is 0 Å². The Morgan fingerprint density at radius 3 is 2.55 bits per heavy atom. The second-order valence-electron chi connectivity index (χ2n) is 9.82. The van der Waals surface area contributed by atoms with Crippen molar-refractivity contribution < 1.29 is 38.0 Å². The van der Waals surface area contributed by atoms with E-state index in [1.807, 2.05) is 0 Å². The highest BCUT2D eigenvalue weighted by molar-refractivity contribution is 6.05. The molecule has 1 atom stereocenters. The van der Waals surface area contributed by atoms with Gasteiger partial charge in [0.25, 0.3) is 0 Å². The Balaban J connectivity index is 1.72. The third kappa shape index (κ3) is 6.76. The molecule has 2 heterocycles. The fourth-order valence-corrected chi connectivity index (χ4v) is 4.00. The molecule has 0 saturated carbocycles. The van der Waals surface area contributed by atoms with E-state index in [2.05, 4.69) is 5.10 Å². The Kier molecular flexibility index (Phi) is 8.43.